The Morgan fingerprint density at radius 2 is 2.14 bits per heavy atom. The van der Waals surface area contributed by atoms with Crippen molar-refractivity contribution in [2.24, 2.45) is 0 Å². The van der Waals surface area contributed by atoms with Crippen molar-refractivity contribution in [3.8, 4) is 0 Å². The van der Waals surface area contributed by atoms with E-state index in [-0.39, 0.29) is 18.8 Å². The van der Waals surface area contributed by atoms with E-state index in [9.17, 15) is 9.59 Å². The predicted molar refractivity (Wildman–Crippen MR) is 80.9 cm³/mol. The molecule has 2 aromatic rings. The molecule has 2 N–H and O–H groups in total. The number of imide groups is 1. The number of amides is 2. The molecule has 0 radical (unpaired) electrons. The van der Waals surface area contributed by atoms with Gasteiger partial charge in [-0.05, 0) is 25.1 Å². The van der Waals surface area contributed by atoms with Crippen molar-refractivity contribution in [3.63, 3.8) is 0 Å². The molecule has 0 aliphatic carbocycles. The number of rotatable bonds is 5. The largest absolute Gasteiger partial charge is 0.395 e. The van der Waals surface area contributed by atoms with Crippen LogP contribution in [0.5, 0.6) is 0 Å². The van der Waals surface area contributed by atoms with Crippen LogP contribution in [0.15, 0.2) is 36.3 Å². The van der Waals surface area contributed by atoms with Gasteiger partial charge in [-0.3, -0.25) is 14.5 Å². The summed E-state index contributed by atoms with van der Waals surface area (Å²) in [5.74, 6) is -0.851. The van der Waals surface area contributed by atoms with Gasteiger partial charge in [-0.15, -0.1) is 0 Å². The van der Waals surface area contributed by atoms with Gasteiger partial charge in [-0.1, -0.05) is 0 Å². The number of nitrogens with zero attached hydrogens (tertiary/aromatic N) is 3. The van der Waals surface area contributed by atoms with E-state index < -0.39 is 11.8 Å². The molecule has 1 aliphatic rings. The second kappa shape index (κ2) is 5.61. The summed E-state index contributed by atoms with van der Waals surface area (Å²) in [4.78, 5) is 29.1. The van der Waals surface area contributed by atoms with E-state index in [1.807, 2.05) is 29.7 Å². The van der Waals surface area contributed by atoms with Gasteiger partial charge in [-0.25, -0.2) is 4.98 Å². The summed E-state index contributed by atoms with van der Waals surface area (Å²) in [7, 11) is 0. The molecule has 0 bridgehead atoms. The van der Waals surface area contributed by atoms with E-state index in [1.54, 1.807) is 6.33 Å². The predicted octanol–water partition coefficient (Wildman–Crippen LogP) is 0.713. The van der Waals surface area contributed by atoms with Gasteiger partial charge in [0.25, 0.3) is 11.8 Å². The summed E-state index contributed by atoms with van der Waals surface area (Å²) in [6.45, 7) is 2.62. The second-order valence-electron chi connectivity index (χ2n) is 4.94. The van der Waals surface area contributed by atoms with Crippen LogP contribution in [0, 0.1) is 0 Å². The fraction of sp³-hybridized carbons (Fsp3) is 0.267. The van der Waals surface area contributed by atoms with Gasteiger partial charge >= 0.3 is 0 Å². The topological polar surface area (TPSA) is 87.5 Å². The smallest absolute Gasteiger partial charge is 0.277 e. The summed E-state index contributed by atoms with van der Waals surface area (Å²) in [6, 6.07) is 5.58. The van der Waals surface area contributed by atoms with Crippen molar-refractivity contribution in [1.29, 1.82) is 0 Å². The number of anilines is 1. The SMILES string of the molecule is CCn1cnc2cc(NC3=CC(=O)N(CCO)C3=O)ccc21. The van der Waals surface area contributed by atoms with Crippen LogP contribution in [0.4, 0.5) is 5.69 Å². The number of fused-ring (bicyclic) bond motifs is 1. The Labute approximate surface area is 126 Å². The molecule has 7 heteroatoms. The normalized spacial score (nSPS) is 14.8. The van der Waals surface area contributed by atoms with Crippen molar-refractivity contribution in [1.82, 2.24) is 14.5 Å². The molecular weight excluding hydrogens is 284 g/mol. The molecule has 0 fully saturated rings. The van der Waals surface area contributed by atoms with Crippen LogP contribution in [0.2, 0.25) is 0 Å². The van der Waals surface area contributed by atoms with E-state index >= 15 is 0 Å². The number of nitrogens with one attached hydrogen (secondary N) is 1. The summed E-state index contributed by atoms with van der Waals surface area (Å²) >= 11 is 0. The van der Waals surface area contributed by atoms with Crippen molar-refractivity contribution >= 4 is 28.5 Å². The van der Waals surface area contributed by atoms with Crippen molar-refractivity contribution < 1.29 is 14.7 Å². The minimum atomic E-state index is -0.432. The Morgan fingerprint density at radius 1 is 1.32 bits per heavy atom. The summed E-state index contributed by atoms with van der Waals surface area (Å²) in [5, 5.41) is 11.8. The Morgan fingerprint density at radius 3 is 2.86 bits per heavy atom. The molecule has 22 heavy (non-hydrogen) atoms. The zero-order valence-electron chi connectivity index (χ0n) is 12.1. The molecule has 3 rings (SSSR count). The molecule has 114 valence electrons. The number of imidazole rings is 1. The number of aliphatic hydroxyl groups excluding tert-OH is 1. The van der Waals surface area contributed by atoms with Gasteiger partial charge in [0.05, 0.1) is 30.5 Å². The van der Waals surface area contributed by atoms with Crippen molar-refractivity contribution in [2.75, 3.05) is 18.5 Å². The van der Waals surface area contributed by atoms with E-state index in [1.165, 1.54) is 6.08 Å². The number of hydrogen-bond donors (Lipinski definition) is 2. The highest BCUT2D eigenvalue weighted by Crippen LogP contribution is 2.21. The number of aryl methyl sites for hydroxylation is 1. The summed E-state index contributed by atoms with van der Waals surface area (Å²) in [6.07, 6.45) is 3.01. The van der Waals surface area contributed by atoms with E-state index in [0.717, 1.165) is 22.5 Å². The Kier molecular flexibility index (Phi) is 3.64. The molecule has 0 saturated heterocycles. The molecule has 7 nitrogen and oxygen atoms in total. The maximum atomic E-state index is 12.1. The molecule has 1 aromatic carbocycles. The van der Waals surface area contributed by atoms with Crippen molar-refractivity contribution in [3.05, 3.63) is 36.3 Å². The minimum Gasteiger partial charge on any atom is -0.395 e. The number of carbonyl (C=O) groups excluding carboxylic acids is 2. The zero-order chi connectivity index (χ0) is 15.7. The second-order valence-corrected chi connectivity index (χ2v) is 4.94. The Balaban J connectivity index is 1.83. The highest BCUT2D eigenvalue weighted by Gasteiger charge is 2.30. The Bertz CT molecular complexity index is 778. The molecule has 1 aliphatic heterocycles. The third-order valence-corrected chi connectivity index (χ3v) is 3.57. The molecule has 0 atom stereocenters. The maximum absolute atomic E-state index is 12.1. The number of hydrogen-bond acceptors (Lipinski definition) is 5. The lowest BCUT2D eigenvalue weighted by atomic mass is 10.2. The monoisotopic (exact) mass is 300 g/mol. The first-order valence-electron chi connectivity index (χ1n) is 7.04. The summed E-state index contributed by atoms with van der Waals surface area (Å²) < 4.78 is 2.02. The Hall–Kier alpha value is -2.67. The fourth-order valence-electron chi connectivity index (χ4n) is 2.46. The quantitative estimate of drug-likeness (QED) is 0.794. The van der Waals surface area contributed by atoms with E-state index in [4.69, 9.17) is 5.11 Å². The first kappa shape index (κ1) is 14.3. The first-order valence-corrected chi connectivity index (χ1v) is 7.04. The standard InChI is InChI=1S/C15H16N4O3/c1-2-18-9-16-11-7-10(3-4-13(11)18)17-12-8-14(21)19(5-6-20)15(12)22/h3-4,7-9,17,20H,2,5-6H2,1H3. The van der Waals surface area contributed by atoms with Gasteiger partial charge in [0.1, 0.15) is 5.70 Å². The van der Waals surface area contributed by atoms with Crippen LogP contribution in [-0.2, 0) is 16.1 Å². The van der Waals surface area contributed by atoms with Crippen LogP contribution in [-0.4, -0.2) is 44.5 Å². The zero-order valence-corrected chi connectivity index (χ0v) is 12.1. The lowest BCUT2D eigenvalue weighted by Gasteiger charge is -2.13. The number of carbonyl (C=O) groups is 2. The maximum Gasteiger partial charge on any atom is 0.277 e. The number of β-amino-alcohol motifs (C(OH)–C–C–N with tert-alkyl or cyclic N) is 1. The molecule has 0 unspecified atom stereocenters. The average Bonchev–Trinajstić information content (AvgIpc) is 3.03. The molecule has 0 spiro atoms. The highest BCUT2D eigenvalue weighted by atomic mass is 16.3. The summed E-state index contributed by atoms with van der Waals surface area (Å²) in [5.41, 5.74) is 2.72. The number of benzene rings is 1. The molecular formula is C15H16N4O3. The number of aromatic nitrogens is 2. The van der Waals surface area contributed by atoms with Crippen LogP contribution in [0.3, 0.4) is 0 Å². The average molecular weight is 300 g/mol. The number of aliphatic hydroxyl groups is 1. The van der Waals surface area contributed by atoms with Crippen LogP contribution in [0.25, 0.3) is 11.0 Å². The van der Waals surface area contributed by atoms with Gasteiger partial charge in [-0.2, -0.15) is 0 Å². The van der Waals surface area contributed by atoms with Gasteiger partial charge < -0.3 is 15.0 Å². The molecule has 2 heterocycles. The third-order valence-electron chi connectivity index (χ3n) is 3.57. The fourth-order valence-corrected chi connectivity index (χ4v) is 2.46. The van der Waals surface area contributed by atoms with Crippen LogP contribution < -0.4 is 5.32 Å². The lowest BCUT2D eigenvalue weighted by molar-refractivity contribution is -0.137. The first-order chi connectivity index (χ1) is 10.6. The van der Waals surface area contributed by atoms with Crippen LogP contribution >= 0.6 is 0 Å². The van der Waals surface area contributed by atoms with E-state index in [2.05, 4.69) is 10.3 Å². The lowest BCUT2D eigenvalue weighted by Crippen LogP contribution is -2.34. The highest BCUT2D eigenvalue weighted by molar-refractivity contribution is 6.17. The molecule has 2 amide bonds. The third kappa shape index (κ3) is 2.35. The van der Waals surface area contributed by atoms with Crippen molar-refractivity contribution in [2.45, 2.75) is 13.5 Å². The molecule has 1 aromatic heterocycles. The minimum absolute atomic E-state index is 0.000707. The molecule has 0 saturated carbocycles. The van der Waals surface area contributed by atoms with Gasteiger partial charge in [0.2, 0.25) is 0 Å². The van der Waals surface area contributed by atoms with Gasteiger partial charge in [0, 0.05) is 18.3 Å². The van der Waals surface area contributed by atoms with Gasteiger partial charge in [0.15, 0.2) is 0 Å². The van der Waals surface area contributed by atoms with E-state index in [0.29, 0.717) is 5.69 Å². The van der Waals surface area contributed by atoms with Crippen LogP contribution in [0.1, 0.15) is 6.92 Å².